The van der Waals surface area contributed by atoms with Crippen LogP contribution in [-0.4, -0.2) is 26.8 Å². The molecule has 0 unspecified atom stereocenters. The fraction of sp³-hybridized carbons (Fsp3) is 0.696. The molecule has 0 heterocycles. The Morgan fingerprint density at radius 2 is 1.36 bits per heavy atom. The van der Waals surface area contributed by atoms with Crippen LogP contribution in [0.4, 0.5) is 0 Å². The number of hydrogen-bond donors (Lipinski definition) is 0. The highest BCUT2D eigenvalue weighted by atomic mass is 17.2. The number of rotatable bonds is 17. The number of methoxy groups -OCH3 is 2. The summed E-state index contributed by atoms with van der Waals surface area (Å²) in [7, 11) is 3.06. The predicted octanol–water partition coefficient (Wildman–Crippen LogP) is 6.49. The van der Waals surface area contributed by atoms with Crippen LogP contribution >= 0.6 is 0 Å². The maximum Gasteiger partial charge on any atom is 0.376 e. The van der Waals surface area contributed by atoms with Crippen molar-refractivity contribution in [2.45, 2.75) is 84.0 Å². The van der Waals surface area contributed by atoms with Crippen LogP contribution in [0.1, 0.15) is 94.3 Å². The maximum atomic E-state index is 12.1. The molecule has 5 heteroatoms. The average molecular weight is 395 g/mol. The molecule has 0 bridgehead atoms. The predicted molar refractivity (Wildman–Crippen MR) is 112 cm³/mol. The minimum absolute atomic E-state index is 0.318. The molecule has 0 radical (unpaired) electrons. The van der Waals surface area contributed by atoms with Crippen LogP contribution in [0, 0.1) is 0 Å². The molecule has 0 saturated heterocycles. The van der Waals surface area contributed by atoms with Gasteiger partial charge in [-0.05, 0) is 18.6 Å². The summed E-state index contributed by atoms with van der Waals surface area (Å²) in [4.78, 5) is 22.0. The van der Waals surface area contributed by atoms with E-state index in [1.54, 1.807) is 25.3 Å². The minimum Gasteiger partial charge on any atom is -0.497 e. The van der Waals surface area contributed by atoms with Crippen LogP contribution in [0.5, 0.6) is 11.5 Å². The lowest BCUT2D eigenvalue weighted by Gasteiger charge is -2.09. The number of hydrogen-bond acceptors (Lipinski definition) is 5. The van der Waals surface area contributed by atoms with E-state index in [4.69, 9.17) is 19.2 Å². The van der Waals surface area contributed by atoms with Gasteiger partial charge in [0, 0.05) is 6.07 Å². The number of ether oxygens (including phenoxy) is 2. The second-order valence-corrected chi connectivity index (χ2v) is 7.15. The van der Waals surface area contributed by atoms with Crippen molar-refractivity contribution in [3.63, 3.8) is 0 Å². The summed E-state index contributed by atoms with van der Waals surface area (Å²) < 4.78 is 10.3. The van der Waals surface area contributed by atoms with Gasteiger partial charge < -0.3 is 9.47 Å². The van der Waals surface area contributed by atoms with Crippen molar-refractivity contribution in [2.24, 2.45) is 0 Å². The monoisotopic (exact) mass is 394 g/mol. The van der Waals surface area contributed by atoms with Crippen LogP contribution in [0.15, 0.2) is 18.2 Å². The third-order valence-corrected chi connectivity index (χ3v) is 4.84. The Labute approximate surface area is 170 Å². The van der Waals surface area contributed by atoms with Gasteiger partial charge in [0.2, 0.25) is 0 Å². The molecule has 160 valence electrons. The summed E-state index contributed by atoms with van der Waals surface area (Å²) in [5.41, 5.74) is 0.318. The molecule has 0 saturated carbocycles. The highest BCUT2D eigenvalue weighted by Gasteiger charge is 2.15. The topological polar surface area (TPSA) is 54.0 Å². The van der Waals surface area contributed by atoms with Crippen molar-refractivity contribution >= 4 is 5.97 Å². The summed E-state index contributed by atoms with van der Waals surface area (Å²) in [5, 5.41) is 0. The first kappa shape index (κ1) is 24.3. The van der Waals surface area contributed by atoms with Crippen molar-refractivity contribution in [2.75, 3.05) is 20.8 Å². The molecule has 0 aliphatic carbocycles. The molecule has 0 amide bonds. The summed E-state index contributed by atoms with van der Waals surface area (Å²) in [5.74, 6) is 0.461. The Kier molecular flexibility index (Phi) is 14.1. The smallest absolute Gasteiger partial charge is 0.376 e. The van der Waals surface area contributed by atoms with E-state index < -0.39 is 5.97 Å². The molecule has 0 aliphatic heterocycles. The standard InChI is InChI=1S/C23H38O5/c1-4-5-6-7-8-9-10-11-12-13-14-15-18-27-28-23(24)21-17-16-20(25-2)19-22(21)26-3/h16-17,19H,4-15,18H2,1-3H3. The molecule has 1 aromatic rings. The van der Waals surface area contributed by atoms with Crippen LogP contribution in [0.2, 0.25) is 0 Å². The zero-order chi connectivity index (χ0) is 20.5. The Morgan fingerprint density at radius 3 is 1.89 bits per heavy atom. The van der Waals surface area contributed by atoms with E-state index in [1.165, 1.54) is 71.3 Å². The number of benzene rings is 1. The van der Waals surface area contributed by atoms with E-state index >= 15 is 0 Å². The fourth-order valence-corrected chi connectivity index (χ4v) is 3.11. The normalized spacial score (nSPS) is 10.7. The van der Waals surface area contributed by atoms with Crippen molar-refractivity contribution in [1.82, 2.24) is 0 Å². The highest BCUT2D eigenvalue weighted by Crippen LogP contribution is 2.25. The lowest BCUT2D eigenvalue weighted by Crippen LogP contribution is -2.08. The van der Waals surface area contributed by atoms with Gasteiger partial charge in [0.05, 0.1) is 20.8 Å². The zero-order valence-electron chi connectivity index (χ0n) is 18.0. The molecular weight excluding hydrogens is 356 g/mol. The van der Waals surface area contributed by atoms with E-state index in [0.29, 0.717) is 23.7 Å². The Balaban J connectivity index is 2.01. The van der Waals surface area contributed by atoms with Gasteiger partial charge in [-0.3, -0.25) is 4.89 Å². The van der Waals surface area contributed by atoms with Crippen LogP contribution in [0.25, 0.3) is 0 Å². The molecule has 0 fully saturated rings. The van der Waals surface area contributed by atoms with Crippen molar-refractivity contribution in [1.29, 1.82) is 0 Å². The second-order valence-electron chi connectivity index (χ2n) is 7.15. The third-order valence-electron chi connectivity index (χ3n) is 4.84. The van der Waals surface area contributed by atoms with E-state index in [9.17, 15) is 4.79 Å². The maximum absolute atomic E-state index is 12.1. The first-order chi connectivity index (χ1) is 13.7. The molecule has 0 aromatic heterocycles. The summed E-state index contributed by atoms with van der Waals surface area (Å²) in [6, 6.07) is 4.93. The van der Waals surface area contributed by atoms with E-state index in [0.717, 1.165) is 12.8 Å². The Morgan fingerprint density at radius 1 is 0.786 bits per heavy atom. The van der Waals surface area contributed by atoms with Gasteiger partial charge in [-0.25, -0.2) is 4.79 Å². The van der Waals surface area contributed by atoms with Crippen molar-refractivity contribution < 1.29 is 24.0 Å². The van der Waals surface area contributed by atoms with Crippen LogP contribution in [0.3, 0.4) is 0 Å². The van der Waals surface area contributed by atoms with Gasteiger partial charge in [-0.1, -0.05) is 77.6 Å². The molecule has 0 N–H and O–H groups in total. The summed E-state index contributed by atoms with van der Waals surface area (Å²) in [6.07, 6.45) is 15.4. The van der Waals surface area contributed by atoms with Gasteiger partial charge in [0.25, 0.3) is 0 Å². The molecule has 0 aliphatic rings. The van der Waals surface area contributed by atoms with Gasteiger partial charge in [-0.15, -0.1) is 0 Å². The summed E-state index contributed by atoms with van der Waals surface area (Å²) in [6.45, 7) is 2.68. The largest absolute Gasteiger partial charge is 0.497 e. The van der Waals surface area contributed by atoms with Crippen LogP contribution < -0.4 is 9.47 Å². The van der Waals surface area contributed by atoms with Crippen molar-refractivity contribution in [3.8, 4) is 11.5 Å². The molecular formula is C23H38O5. The van der Waals surface area contributed by atoms with Crippen molar-refractivity contribution in [3.05, 3.63) is 23.8 Å². The minimum atomic E-state index is -0.557. The zero-order valence-corrected chi connectivity index (χ0v) is 18.0. The number of carbonyl (C=O) groups is 1. The lowest BCUT2D eigenvalue weighted by molar-refractivity contribution is -0.241. The first-order valence-corrected chi connectivity index (χ1v) is 10.8. The highest BCUT2D eigenvalue weighted by molar-refractivity contribution is 5.92. The van der Waals surface area contributed by atoms with E-state index in [1.807, 2.05) is 0 Å². The van der Waals surface area contributed by atoms with Crippen LogP contribution in [-0.2, 0) is 9.78 Å². The number of carbonyl (C=O) groups excluding carboxylic acids is 1. The fourth-order valence-electron chi connectivity index (χ4n) is 3.11. The number of unbranched alkanes of at least 4 members (excludes halogenated alkanes) is 11. The molecule has 0 atom stereocenters. The molecule has 28 heavy (non-hydrogen) atoms. The van der Waals surface area contributed by atoms with Gasteiger partial charge >= 0.3 is 5.97 Å². The molecule has 0 spiro atoms. The third kappa shape index (κ3) is 10.5. The second kappa shape index (κ2) is 16.2. The lowest BCUT2D eigenvalue weighted by atomic mass is 10.1. The SMILES string of the molecule is CCCCCCCCCCCCCCOOC(=O)c1ccc(OC)cc1OC. The van der Waals surface area contributed by atoms with E-state index in [-0.39, 0.29) is 0 Å². The quantitative estimate of drug-likeness (QED) is 0.172. The average Bonchev–Trinajstić information content (AvgIpc) is 2.73. The Hall–Kier alpha value is -1.75. The van der Waals surface area contributed by atoms with Gasteiger partial charge in [0.15, 0.2) is 0 Å². The molecule has 5 nitrogen and oxygen atoms in total. The Bertz CT molecular complexity index is 530. The van der Waals surface area contributed by atoms with Gasteiger partial charge in [-0.2, -0.15) is 4.89 Å². The van der Waals surface area contributed by atoms with E-state index in [2.05, 4.69) is 6.92 Å². The summed E-state index contributed by atoms with van der Waals surface area (Å²) >= 11 is 0. The molecule has 1 aromatic carbocycles. The van der Waals surface area contributed by atoms with Gasteiger partial charge in [0.1, 0.15) is 17.1 Å². The molecule has 1 rings (SSSR count). The first-order valence-electron chi connectivity index (χ1n) is 10.8.